The maximum atomic E-state index is 12.9. The average molecular weight is 409 g/mol. The molecule has 5 nitrogen and oxygen atoms in total. The predicted octanol–water partition coefficient (Wildman–Crippen LogP) is 4.95. The van der Waals surface area contributed by atoms with Crippen molar-refractivity contribution in [2.45, 2.75) is 26.4 Å². The molecule has 0 N–H and O–H groups in total. The third-order valence-electron chi connectivity index (χ3n) is 4.71. The Labute approximate surface area is 171 Å². The summed E-state index contributed by atoms with van der Waals surface area (Å²) in [5.74, 6) is 1.00. The first-order valence-electron chi connectivity index (χ1n) is 9.26. The van der Waals surface area contributed by atoms with Gasteiger partial charge in [-0.15, -0.1) is 5.10 Å². The molecule has 152 valence electrons. The van der Waals surface area contributed by atoms with Crippen molar-refractivity contribution < 1.29 is 13.2 Å². The summed E-state index contributed by atoms with van der Waals surface area (Å²) in [7, 11) is 0. The van der Waals surface area contributed by atoms with Crippen molar-refractivity contribution in [2.75, 3.05) is 0 Å². The van der Waals surface area contributed by atoms with Gasteiger partial charge in [0, 0.05) is 24.4 Å². The molecule has 0 fully saturated rings. The van der Waals surface area contributed by atoms with Gasteiger partial charge in [-0.05, 0) is 48.7 Å². The van der Waals surface area contributed by atoms with Crippen LogP contribution < -0.4 is 0 Å². The van der Waals surface area contributed by atoms with Crippen LogP contribution in [0.5, 0.6) is 0 Å². The number of aryl methyl sites for hydroxylation is 2. The number of alkyl halides is 3. The molecule has 8 heteroatoms. The molecule has 0 aliphatic carbocycles. The normalized spacial score (nSPS) is 11.6. The van der Waals surface area contributed by atoms with E-state index in [1.807, 2.05) is 32.0 Å². The van der Waals surface area contributed by atoms with Crippen molar-refractivity contribution in [1.29, 1.82) is 0 Å². The number of hydrogen-bond acceptors (Lipinski definition) is 4. The van der Waals surface area contributed by atoms with Gasteiger partial charge in [0.1, 0.15) is 12.2 Å². The Hall–Kier alpha value is -3.55. The smallest absolute Gasteiger partial charge is 0.245 e. The van der Waals surface area contributed by atoms with Gasteiger partial charge < -0.3 is 0 Å². The van der Waals surface area contributed by atoms with E-state index < -0.39 is 11.7 Å². The lowest BCUT2D eigenvalue weighted by Crippen LogP contribution is -2.06. The second-order valence-corrected chi connectivity index (χ2v) is 7.05. The molecule has 0 spiro atoms. The zero-order valence-corrected chi connectivity index (χ0v) is 16.4. The van der Waals surface area contributed by atoms with Crippen molar-refractivity contribution >= 4 is 0 Å². The van der Waals surface area contributed by atoms with Crippen LogP contribution in [0, 0.1) is 13.8 Å². The zero-order chi connectivity index (χ0) is 21.3. The molecule has 0 unspecified atom stereocenters. The highest BCUT2D eigenvalue weighted by Gasteiger charge is 2.30. The molecule has 30 heavy (non-hydrogen) atoms. The van der Waals surface area contributed by atoms with Crippen LogP contribution in [0.2, 0.25) is 0 Å². The maximum absolute atomic E-state index is 12.9. The van der Waals surface area contributed by atoms with Gasteiger partial charge in [0.15, 0.2) is 5.82 Å². The summed E-state index contributed by atoms with van der Waals surface area (Å²) in [6.07, 6.45) is 0.900. The highest BCUT2D eigenvalue weighted by molar-refractivity contribution is 5.56. The molecule has 0 bridgehead atoms. The summed E-state index contributed by atoms with van der Waals surface area (Å²) in [6.45, 7) is 3.96. The van der Waals surface area contributed by atoms with Crippen LogP contribution in [0.1, 0.15) is 28.1 Å². The molecule has 0 saturated heterocycles. The molecular weight excluding hydrogens is 391 g/mol. The van der Waals surface area contributed by atoms with E-state index in [2.05, 4.69) is 20.1 Å². The topological polar surface area (TPSA) is 56.5 Å². The Kier molecular flexibility index (Phi) is 5.07. The first-order chi connectivity index (χ1) is 14.3. The number of halogens is 3. The first kappa shape index (κ1) is 19.8. The summed E-state index contributed by atoms with van der Waals surface area (Å²) in [4.78, 5) is 12.7. The average Bonchev–Trinajstić information content (AvgIpc) is 3.13. The summed E-state index contributed by atoms with van der Waals surface area (Å²) < 4.78 is 40.4. The lowest BCUT2D eigenvalue weighted by Gasteiger charge is -2.10. The fraction of sp³-hybridized carbons (Fsp3) is 0.182. The Bertz CT molecular complexity index is 1170. The van der Waals surface area contributed by atoms with E-state index in [1.54, 1.807) is 17.1 Å². The van der Waals surface area contributed by atoms with Crippen LogP contribution >= 0.6 is 0 Å². The van der Waals surface area contributed by atoms with E-state index in [0.717, 1.165) is 34.5 Å². The fourth-order valence-corrected chi connectivity index (χ4v) is 3.13. The lowest BCUT2D eigenvalue weighted by atomic mass is 10.1. The minimum Gasteiger partial charge on any atom is -0.245 e. The zero-order valence-electron chi connectivity index (χ0n) is 16.4. The molecule has 4 rings (SSSR count). The number of benzene rings is 2. The summed E-state index contributed by atoms with van der Waals surface area (Å²) in [5.41, 5.74) is 3.61. The molecule has 0 radical (unpaired) electrons. The number of rotatable bonds is 4. The predicted molar refractivity (Wildman–Crippen MR) is 106 cm³/mol. The molecule has 0 amide bonds. The standard InChI is InChI=1S/C22H18F3N5/c1-14-3-4-15(2)19(9-14)30-20(10-16-11-26-13-27-12-16)28-21(29-30)17-5-7-18(8-6-17)22(23,24)25/h3-9,11-13H,10H2,1-2H3. The SMILES string of the molecule is Cc1ccc(C)c(-n2nc(-c3ccc(C(F)(F)F)cc3)nc2Cc2cncnc2)c1. The van der Waals surface area contributed by atoms with Gasteiger partial charge >= 0.3 is 6.18 Å². The third-order valence-corrected chi connectivity index (χ3v) is 4.71. The number of nitrogens with zero attached hydrogens (tertiary/aromatic N) is 5. The second kappa shape index (κ2) is 7.70. The van der Waals surface area contributed by atoms with Crippen molar-refractivity contribution in [3.63, 3.8) is 0 Å². The van der Waals surface area contributed by atoms with Gasteiger partial charge in [0.2, 0.25) is 0 Å². The van der Waals surface area contributed by atoms with E-state index in [9.17, 15) is 13.2 Å². The number of hydrogen-bond donors (Lipinski definition) is 0. The van der Waals surface area contributed by atoms with Crippen molar-refractivity contribution in [3.8, 4) is 17.1 Å². The Morgan fingerprint density at radius 3 is 2.30 bits per heavy atom. The molecule has 4 aromatic rings. The van der Waals surface area contributed by atoms with Gasteiger partial charge in [-0.1, -0.05) is 24.3 Å². The molecule has 0 saturated carbocycles. The van der Waals surface area contributed by atoms with Gasteiger partial charge in [-0.25, -0.2) is 19.6 Å². The first-order valence-corrected chi connectivity index (χ1v) is 9.26. The van der Waals surface area contributed by atoms with Crippen molar-refractivity contribution in [3.05, 3.63) is 89.3 Å². The highest BCUT2D eigenvalue weighted by atomic mass is 19.4. The van der Waals surface area contributed by atoms with E-state index in [1.165, 1.54) is 18.5 Å². The lowest BCUT2D eigenvalue weighted by molar-refractivity contribution is -0.137. The molecule has 2 aromatic heterocycles. The molecular formula is C22H18F3N5. The van der Waals surface area contributed by atoms with Crippen molar-refractivity contribution in [1.82, 2.24) is 24.7 Å². The van der Waals surface area contributed by atoms with Crippen LogP contribution in [-0.4, -0.2) is 24.7 Å². The molecule has 0 aliphatic heterocycles. The van der Waals surface area contributed by atoms with E-state index >= 15 is 0 Å². The quantitative estimate of drug-likeness (QED) is 0.479. The van der Waals surface area contributed by atoms with Crippen LogP contribution in [-0.2, 0) is 12.6 Å². The third kappa shape index (κ3) is 4.07. The Morgan fingerprint density at radius 2 is 1.63 bits per heavy atom. The summed E-state index contributed by atoms with van der Waals surface area (Å²) in [5, 5.41) is 4.62. The van der Waals surface area contributed by atoms with Crippen molar-refractivity contribution in [2.24, 2.45) is 0 Å². The maximum Gasteiger partial charge on any atom is 0.416 e. The summed E-state index contributed by atoms with van der Waals surface area (Å²) in [6, 6.07) is 10.9. The number of aromatic nitrogens is 5. The monoisotopic (exact) mass is 409 g/mol. The molecule has 2 aromatic carbocycles. The highest BCUT2D eigenvalue weighted by Crippen LogP contribution is 2.31. The van der Waals surface area contributed by atoms with Gasteiger partial charge in [0.25, 0.3) is 0 Å². The summed E-state index contributed by atoms with van der Waals surface area (Å²) >= 11 is 0. The second-order valence-electron chi connectivity index (χ2n) is 7.05. The van der Waals surface area contributed by atoms with E-state index in [4.69, 9.17) is 0 Å². The minimum absolute atomic E-state index is 0.358. The van der Waals surface area contributed by atoms with Crippen LogP contribution in [0.15, 0.2) is 61.2 Å². The Balaban J connectivity index is 1.80. The van der Waals surface area contributed by atoms with E-state index in [-0.39, 0.29) is 0 Å². The van der Waals surface area contributed by atoms with Crippen LogP contribution in [0.3, 0.4) is 0 Å². The fourth-order valence-electron chi connectivity index (χ4n) is 3.13. The van der Waals surface area contributed by atoms with Crippen LogP contribution in [0.25, 0.3) is 17.1 Å². The van der Waals surface area contributed by atoms with Gasteiger partial charge in [0.05, 0.1) is 11.3 Å². The van der Waals surface area contributed by atoms with Gasteiger partial charge in [-0.2, -0.15) is 13.2 Å². The van der Waals surface area contributed by atoms with E-state index in [0.29, 0.717) is 23.6 Å². The Morgan fingerprint density at radius 1 is 0.933 bits per heavy atom. The molecule has 0 atom stereocenters. The minimum atomic E-state index is -4.39. The molecule has 2 heterocycles. The largest absolute Gasteiger partial charge is 0.416 e. The molecule has 0 aliphatic rings. The van der Waals surface area contributed by atoms with Crippen LogP contribution in [0.4, 0.5) is 13.2 Å². The van der Waals surface area contributed by atoms with Gasteiger partial charge in [-0.3, -0.25) is 0 Å².